The van der Waals surface area contributed by atoms with E-state index in [1.165, 1.54) is 12.1 Å². The van der Waals surface area contributed by atoms with Gasteiger partial charge >= 0.3 is 0 Å². The van der Waals surface area contributed by atoms with Crippen molar-refractivity contribution in [1.29, 1.82) is 0 Å². The van der Waals surface area contributed by atoms with Crippen molar-refractivity contribution in [3.05, 3.63) is 58.0 Å². The number of nitrogens with zero attached hydrogens (tertiary/aromatic N) is 2. The van der Waals surface area contributed by atoms with Crippen LogP contribution in [0, 0.1) is 17.0 Å². The maximum atomic E-state index is 12.2. The first-order valence-electron chi connectivity index (χ1n) is 8.28. The molecular formula is C17H21N3O6S2. The van der Waals surface area contributed by atoms with Crippen LogP contribution in [0.1, 0.15) is 11.3 Å². The van der Waals surface area contributed by atoms with E-state index in [2.05, 4.69) is 5.32 Å². The Morgan fingerprint density at radius 2 is 2.11 bits per heavy atom. The van der Waals surface area contributed by atoms with Crippen LogP contribution in [0.3, 0.4) is 0 Å². The van der Waals surface area contributed by atoms with E-state index in [0.29, 0.717) is 23.6 Å². The normalized spacial score (nSPS) is 11.2. The number of sulfonamides is 1. The van der Waals surface area contributed by atoms with Gasteiger partial charge < -0.3 is 9.73 Å². The summed E-state index contributed by atoms with van der Waals surface area (Å²) in [4.78, 5) is 22.6. The SMILES string of the molecule is Cc1ccc([N+](=O)[O-])cc1N(CC(=O)NCCSCc1ccco1)S(C)(=O)=O. The van der Waals surface area contributed by atoms with Crippen LogP contribution in [0.25, 0.3) is 0 Å². The summed E-state index contributed by atoms with van der Waals surface area (Å²) < 4.78 is 30.4. The molecule has 0 atom stereocenters. The van der Waals surface area contributed by atoms with Gasteiger partial charge in [-0.1, -0.05) is 6.07 Å². The molecule has 2 aromatic rings. The second-order valence-corrected chi connectivity index (χ2v) is 8.99. The maximum Gasteiger partial charge on any atom is 0.271 e. The molecule has 0 radical (unpaired) electrons. The van der Waals surface area contributed by atoms with Crippen LogP contribution in [0.4, 0.5) is 11.4 Å². The zero-order valence-corrected chi connectivity index (χ0v) is 17.1. The number of hydrogen-bond donors (Lipinski definition) is 1. The van der Waals surface area contributed by atoms with Gasteiger partial charge in [-0.15, -0.1) is 0 Å². The van der Waals surface area contributed by atoms with Crippen LogP contribution in [0.2, 0.25) is 0 Å². The van der Waals surface area contributed by atoms with Crippen molar-refractivity contribution in [3.8, 4) is 0 Å². The highest BCUT2D eigenvalue weighted by Crippen LogP contribution is 2.27. The number of anilines is 1. The Bertz CT molecular complexity index is 928. The van der Waals surface area contributed by atoms with Crippen LogP contribution in [-0.2, 0) is 20.6 Å². The lowest BCUT2D eigenvalue weighted by atomic mass is 10.2. The summed E-state index contributed by atoms with van der Waals surface area (Å²) in [5.41, 5.74) is 0.376. The van der Waals surface area contributed by atoms with Gasteiger partial charge in [0.15, 0.2) is 0 Å². The van der Waals surface area contributed by atoms with E-state index in [-0.39, 0.29) is 11.4 Å². The van der Waals surface area contributed by atoms with Gasteiger partial charge in [-0.3, -0.25) is 19.2 Å². The highest BCUT2D eigenvalue weighted by Gasteiger charge is 2.24. The third-order valence-electron chi connectivity index (χ3n) is 3.75. The van der Waals surface area contributed by atoms with Crippen molar-refractivity contribution in [3.63, 3.8) is 0 Å². The molecule has 0 spiro atoms. The molecule has 0 saturated carbocycles. The summed E-state index contributed by atoms with van der Waals surface area (Å²) in [6.45, 7) is 1.53. The molecule has 1 aromatic carbocycles. The van der Waals surface area contributed by atoms with Crippen LogP contribution in [-0.4, -0.2) is 44.3 Å². The van der Waals surface area contributed by atoms with E-state index in [0.717, 1.165) is 22.4 Å². The average Bonchev–Trinajstić information content (AvgIpc) is 3.12. The lowest BCUT2D eigenvalue weighted by Gasteiger charge is -2.23. The third-order valence-corrected chi connectivity index (χ3v) is 5.86. The van der Waals surface area contributed by atoms with Crippen LogP contribution in [0.15, 0.2) is 41.0 Å². The van der Waals surface area contributed by atoms with Crippen molar-refractivity contribution < 1.29 is 22.6 Å². The zero-order chi connectivity index (χ0) is 20.7. The molecule has 0 aliphatic rings. The molecule has 1 amide bonds. The Labute approximate surface area is 167 Å². The largest absolute Gasteiger partial charge is 0.468 e. The molecule has 1 aromatic heterocycles. The van der Waals surface area contributed by atoms with Gasteiger partial charge in [0.25, 0.3) is 5.69 Å². The summed E-state index contributed by atoms with van der Waals surface area (Å²) in [5, 5.41) is 13.7. The number of thioether (sulfide) groups is 1. The minimum Gasteiger partial charge on any atom is -0.468 e. The Morgan fingerprint density at radius 1 is 1.36 bits per heavy atom. The van der Waals surface area contributed by atoms with Crippen molar-refractivity contribution in [2.75, 3.05) is 29.4 Å². The number of nitro benzene ring substituents is 1. The molecule has 11 heteroatoms. The molecule has 1 N–H and O–H groups in total. The first-order valence-corrected chi connectivity index (χ1v) is 11.3. The summed E-state index contributed by atoms with van der Waals surface area (Å²) in [6.07, 6.45) is 2.55. The maximum absolute atomic E-state index is 12.2. The summed E-state index contributed by atoms with van der Waals surface area (Å²) in [7, 11) is -3.81. The van der Waals surface area contributed by atoms with Crippen LogP contribution >= 0.6 is 11.8 Å². The van der Waals surface area contributed by atoms with Gasteiger partial charge in [0, 0.05) is 24.4 Å². The van der Waals surface area contributed by atoms with Gasteiger partial charge in [0.2, 0.25) is 15.9 Å². The van der Waals surface area contributed by atoms with Gasteiger partial charge in [-0.05, 0) is 24.6 Å². The molecular weight excluding hydrogens is 406 g/mol. The Hall–Kier alpha value is -2.53. The first-order chi connectivity index (χ1) is 13.2. The molecule has 9 nitrogen and oxygen atoms in total. The molecule has 0 saturated heterocycles. The van der Waals surface area contributed by atoms with E-state index >= 15 is 0 Å². The molecule has 152 valence electrons. The number of amides is 1. The van der Waals surface area contributed by atoms with E-state index in [9.17, 15) is 23.3 Å². The minimum absolute atomic E-state index is 0.110. The number of non-ortho nitro benzene ring substituents is 1. The number of hydrogen-bond acceptors (Lipinski definition) is 7. The van der Waals surface area contributed by atoms with Gasteiger partial charge in [0.1, 0.15) is 12.3 Å². The summed E-state index contributed by atoms with van der Waals surface area (Å²) in [5.74, 6) is 1.64. The minimum atomic E-state index is -3.81. The van der Waals surface area contributed by atoms with Crippen LogP contribution < -0.4 is 9.62 Å². The summed E-state index contributed by atoms with van der Waals surface area (Å²) >= 11 is 1.57. The smallest absolute Gasteiger partial charge is 0.271 e. The Balaban J connectivity index is 1.98. The second-order valence-electron chi connectivity index (χ2n) is 5.98. The van der Waals surface area contributed by atoms with Crippen molar-refractivity contribution in [2.45, 2.75) is 12.7 Å². The molecule has 0 aliphatic heterocycles. The lowest BCUT2D eigenvalue weighted by Crippen LogP contribution is -2.41. The van der Waals surface area contributed by atoms with E-state index < -0.39 is 27.4 Å². The zero-order valence-electron chi connectivity index (χ0n) is 15.5. The van der Waals surface area contributed by atoms with Gasteiger partial charge in [-0.25, -0.2) is 8.42 Å². The quantitative estimate of drug-likeness (QED) is 0.351. The van der Waals surface area contributed by atoms with Gasteiger partial charge in [0.05, 0.1) is 28.9 Å². The molecule has 0 bridgehead atoms. The van der Waals surface area contributed by atoms with E-state index in [4.69, 9.17) is 4.42 Å². The molecule has 0 fully saturated rings. The molecule has 0 unspecified atom stereocenters. The number of nitro groups is 1. The average molecular weight is 428 g/mol. The molecule has 28 heavy (non-hydrogen) atoms. The predicted molar refractivity (Wildman–Crippen MR) is 108 cm³/mol. The van der Waals surface area contributed by atoms with Crippen molar-refractivity contribution in [1.82, 2.24) is 5.32 Å². The monoisotopic (exact) mass is 427 g/mol. The van der Waals surface area contributed by atoms with Gasteiger partial charge in [-0.2, -0.15) is 11.8 Å². The Kier molecular flexibility index (Phi) is 7.46. The molecule has 2 rings (SSSR count). The lowest BCUT2D eigenvalue weighted by molar-refractivity contribution is -0.384. The number of furan rings is 1. The number of nitrogens with one attached hydrogen (secondary N) is 1. The fourth-order valence-electron chi connectivity index (χ4n) is 2.38. The molecule has 1 heterocycles. The van der Waals surface area contributed by atoms with Crippen molar-refractivity contribution in [2.24, 2.45) is 0 Å². The fraction of sp³-hybridized carbons (Fsp3) is 0.353. The fourth-order valence-corrected chi connectivity index (χ4v) is 4.04. The standard InChI is InChI=1S/C17H21N3O6S2/c1-13-5-6-14(20(22)23)10-16(13)19(28(2,24)25)11-17(21)18-7-9-27-12-15-4-3-8-26-15/h3-6,8,10H,7,9,11-12H2,1-2H3,(H,18,21). The third kappa shape index (κ3) is 6.27. The van der Waals surface area contributed by atoms with E-state index in [1.807, 2.05) is 6.07 Å². The van der Waals surface area contributed by atoms with E-state index in [1.54, 1.807) is 31.0 Å². The second kappa shape index (κ2) is 9.60. The number of carbonyl (C=O) groups is 1. The summed E-state index contributed by atoms with van der Waals surface area (Å²) in [6, 6.07) is 7.55. The van der Waals surface area contributed by atoms with Crippen LogP contribution in [0.5, 0.6) is 0 Å². The van der Waals surface area contributed by atoms with Crippen molar-refractivity contribution >= 4 is 39.1 Å². The number of rotatable bonds is 10. The molecule has 0 aliphatic carbocycles. The highest BCUT2D eigenvalue weighted by atomic mass is 32.2. The number of benzene rings is 1. The first kappa shape index (κ1) is 21.8. The highest BCUT2D eigenvalue weighted by molar-refractivity contribution is 7.98. The number of carbonyl (C=O) groups excluding carboxylic acids is 1. The number of aryl methyl sites for hydroxylation is 1. The topological polar surface area (TPSA) is 123 Å². The predicted octanol–water partition coefficient (Wildman–Crippen LogP) is 2.31. The Morgan fingerprint density at radius 3 is 2.71 bits per heavy atom.